The van der Waals surface area contributed by atoms with Gasteiger partial charge in [0.05, 0.1) is 43.9 Å². The van der Waals surface area contributed by atoms with Gasteiger partial charge < -0.3 is 34.8 Å². The highest BCUT2D eigenvalue weighted by atomic mass is 32.2. The molecule has 75 heavy (non-hydrogen) atoms. The largest absolute Gasteiger partial charge is 0.481 e. The van der Waals surface area contributed by atoms with E-state index in [1.165, 1.54) is 11.8 Å². The fourth-order valence-electron chi connectivity index (χ4n) is 9.63. The van der Waals surface area contributed by atoms with E-state index in [2.05, 4.69) is 51.0 Å². The van der Waals surface area contributed by atoms with Crippen molar-refractivity contribution in [2.75, 3.05) is 25.5 Å². The van der Waals surface area contributed by atoms with E-state index in [-0.39, 0.29) is 137 Å². The summed E-state index contributed by atoms with van der Waals surface area (Å²) in [6, 6.07) is 27.4. The molecule has 2 aliphatic rings. The zero-order valence-electron chi connectivity index (χ0n) is 44.4. The molecular formula is C57H76N5O11PS. The quantitative estimate of drug-likeness (QED) is 0.0186. The summed E-state index contributed by atoms with van der Waals surface area (Å²) in [4.78, 5) is 89.6. The number of thioether (sulfide) groups is 1. The van der Waals surface area contributed by atoms with Gasteiger partial charge in [-0.3, -0.25) is 28.8 Å². The Hall–Kier alpha value is -5.34. The van der Waals surface area contributed by atoms with Crippen molar-refractivity contribution < 1.29 is 52.5 Å². The van der Waals surface area contributed by atoms with Crippen molar-refractivity contribution in [2.45, 2.75) is 172 Å². The Morgan fingerprint density at radius 3 is 1.87 bits per heavy atom. The van der Waals surface area contributed by atoms with Gasteiger partial charge in [0.1, 0.15) is 33.5 Å². The second kappa shape index (κ2) is 29.8. The first kappa shape index (κ1) is 60.5. The number of rotatable bonds is 35. The summed E-state index contributed by atoms with van der Waals surface area (Å²) in [5, 5.41) is 27.1. The number of aryl methyl sites for hydroxylation is 2. The molecule has 0 aliphatic carbocycles. The lowest BCUT2D eigenvalue weighted by Crippen LogP contribution is -2.56. The maximum atomic E-state index is 14.0. The van der Waals surface area contributed by atoms with Crippen molar-refractivity contribution in [1.29, 1.82) is 5.26 Å². The van der Waals surface area contributed by atoms with Gasteiger partial charge in [0.15, 0.2) is 0 Å². The first-order chi connectivity index (χ1) is 35.9. The molecule has 3 aromatic rings. The number of amides is 3. The highest BCUT2D eigenvalue weighted by Crippen LogP contribution is 2.49. The second-order valence-corrected chi connectivity index (χ2v) is 22.8. The number of nitrogens with one attached hydrogen (secondary N) is 3. The van der Waals surface area contributed by atoms with E-state index >= 15 is 0 Å². The number of hydrogen-bond acceptors (Lipinski definition) is 13. The van der Waals surface area contributed by atoms with E-state index in [9.17, 15) is 38.8 Å². The predicted molar refractivity (Wildman–Crippen MR) is 290 cm³/mol. The number of nitrogens with zero attached hydrogens (tertiary/aromatic N) is 2. The van der Waals surface area contributed by atoms with Gasteiger partial charge in [-0.05, 0) is 77.5 Å². The maximum Gasteiger partial charge on any atom is 0.315 e. The number of carboxylic acid groups (broad SMARTS) is 1. The molecule has 2 fully saturated rings. The van der Waals surface area contributed by atoms with Crippen LogP contribution >= 0.6 is 20.3 Å². The van der Waals surface area contributed by atoms with Gasteiger partial charge in [-0.2, -0.15) is 5.26 Å². The second-order valence-electron chi connectivity index (χ2n) is 20.1. The van der Waals surface area contributed by atoms with Crippen molar-refractivity contribution in [3.8, 4) is 6.07 Å². The van der Waals surface area contributed by atoms with Crippen LogP contribution in [0.5, 0.6) is 0 Å². The van der Waals surface area contributed by atoms with Crippen molar-refractivity contribution in [3.63, 3.8) is 0 Å². The summed E-state index contributed by atoms with van der Waals surface area (Å²) in [6.45, 7) is 12.5. The van der Waals surface area contributed by atoms with E-state index in [1.54, 1.807) is 0 Å². The molecule has 16 nitrogen and oxygen atoms in total. The molecule has 4 N–H and O–H groups in total. The summed E-state index contributed by atoms with van der Waals surface area (Å²) in [6.07, 6.45) is 0.686. The van der Waals surface area contributed by atoms with Crippen LogP contribution in [0.1, 0.15) is 145 Å². The molecule has 3 aromatic carbocycles. The number of fused-ring (bicyclic) bond motifs is 1. The molecule has 0 bridgehead atoms. The Kier molecular flexibility index (Phi) is 24.1. The molecule has 18 heteroatoms. The Labute approximate surface area is 448 Å². The SMILES string of the molecule is Cc1ccc(C(OCC(CC(=O)CCC(=O)CCC(=O)CCC(=O)CCCNC(=O)[C@@]2(CCCCC(=O)O)SC[C@@H]3NC(=O)N[C@@H]32)OP(OCCC#N)N(C(C)C)C(C)C)(c2ccccc2)c2ccc(C)cc2)cc1. The van der Waals surface area contributed by atoms with Gasteiger partial charge in [0.25, 0.3) is 8.53 Å². The number of carbonyl (C=O) groups excluding carboxylic acids is 6. The van der Waals surface area contributed by atoms with Crippen LogP contribution in [0.3, 0.4) is 0 Å². The number of aliphatic carboxylic acids is 1. The molecule has 0 saturated carbocycles. The number of benzene rings is 3. The molecule has 5 rings (SSSR count). The topological polar surface area (TPSA) is 231 Å². The maximum absolute atomic E-state index is 14.0. The highest BCUT2D eigenvalue weighted by Gasteiger charge is 2.57. The molecule has 2 aliphatic heterocycles. The van der Waals surface area contributed by atoms with Crippen LogP contribution in [-0.4, -0.2) is 111 Å². The Morgan fingerprint density at radius 1 is 0.773 bits per heavy atom. The lowest BCUT2D eigenvalue weighted by atomic mass is 9.79. The molecule has 2 unspecified atom stereocenters. The minimum atomic E-state index is -1.79. The first-order valence-corrected chi connectivity index (χ1v) is 28.4. The van der Waals surface area contributed by atoms with Crippen molar-refractivity contribution >= 4 is 61.3 Å². The molecule has 3 amide bonds. The van der Waals surface area contributed by atoms with Gasteiger partial charge in [-0.25, -0.2) is 9.46 Å². The number of nitriles is 1. The number of ketones is 4. The monoisotopic (exact) mass is 1070 g/mol. The molecular weight excluding hydrogens is 994 g/mol. The van der Waals surface area contributed by atoms with Crippen molar-refractivity contribution in [3.05, 3.63) is 107 Å². The third kappa shape index (κ3) is 17.6. The molecule has 406 valence electrons. The number of carbonyl (C=O) groups is 7. The van der Waals surface area contributed by atoms with Crippen molar-refractivity contribution in [2.24, 2.45) is 0 Å². The Balaban J connectivity index is 1.17. The van der Waals surface area contributed by atoms with E-state index in [4.69, 9.17) is 18.9 Å². The fraction of sp³-hybridized carbons (Fsp3) is 0.544. The average Bonchev–Trinajstić information content (AvgIpc) is 3.93. The third-order valence-corrected chi connectivity index (χ3v) is 17.4. The van der Waals surface area contributed by atoms with Gasteiger partial charge >= 0.3 is 12.0 Å². The van der Waals surface area contributed by atoms with Gasteiger partial charge in [-0.1, -0.05) is 96.4 Å². The Morgan fingerprint density at radius 2 is 1.32 bits per heavy atom. The van der Waals surface area contributed by atoms with E-state index in [0.29, 0.717) is 31.4 Å². The van der Waals surface area contributed by atoms with Crippen LogP contribution in [0.4, 0.5) is 4.79 Å². The average molecular weight is 1070 g/mol. The Bertz CT molecular complexity index is 2380. The van der Waals surface area contributed by atoms with E-state index in [1.807, 2.05) is 96.1 Å². The van der Waals surface area contributed by atoms with Crippen LogP contribution in [0.2, 0.25) is 0 Å². The normalized spacial score (nSPS) is 18.0. The molecule has 2 saturated heterocycles. The standard InChI is InChI=1S/C57H76N5O11PS/c1-39(2)62(40(3)4)74(72-35-13-33-58)73-50(37-71-57(43-14-8-7-9-15-43,44-22-18-41(5)19-23-44)45-24-20-42(6)21-25-45)36-49(66)31-30-48(65)29-28-47(64)27-26-46(63)16-12-34-59-54(69)56(32-11-10-17-52(67)68)53-51(38-75-56)60-55(70)61-53/h7-9,14-15,18-25,39-40,50-51,53H,10-13,16-17,26-32,34-38H2,1-6H3,(H,59,69)(H,67,68)(H2,60,61,70)/t50?,51-,53-,56-,74?/m0/s1. The fourth-order valence-corrected chi connectivity index (χ4v) is 13.0. The van der Waals surface area contributed by atoms with Crippen LogP contribution < -0.4 is 16.0 Å². The molecule has 0 radical (unpaired) electrons. The minimum absolute atomic E-state index is 0.000928. The summed E-state index contributed by atoms with van der Waals surface area (Å²) in [7, 11) is -1.79. The lowest BCUT2D eigenvalue weighted by molar-refractivity contribution is -0.137. The number of ether oxygens (including phenoxy) is 1. The number of unbranched alkanes of at least 4 members (excludes halogenated alkanes) is 1. The summed E-state index contributed by atoms with van der Waals surface area (Å²) in [5.41, 5.74) is 3.68. The summed E-state index contributed by atoms with van der Waals surface area (Å²) >= 11 is 1.44. The van der Waals surface area contributed by atoms with Crippen molar-refractivity contribution in [1.82, 2.24) is 20.6 Å². The number of Topliss-reactive ketones (excluding diaryl/α,β-unsaturated/α-hetero) is 4. The molecule has 2 heterocycles. The number of carboxylic acids is 1. The molecule has 0 spiro atoms. The molecule has 5 atom stereocenters. The summed E-state index contributed by atoms with van der Waals surface area (Å²) in [5.74, 6) is -1.50. The summed E-state index contributed by atoms with van der Waals surface area (Å²) < 4.78 is 21.5. The lowest BCUT2D eigenvalue weighted by Gasteiger charge is -2.39. The van der Waals surface area contributed by atoms with E-state index < -0.39 is 37.0 Å². The number of hydrogen-bond donors (Lipinski definition) is 4. The van der Waals surface area contributed by atoms with Gasteiger partial charge in [-0.15, -0.1) is 11.8 Å². The molecule has 0 aromatic heterocycles. The van der Waals surface area contributed by atoms with Gasteiger partial charge in [0, 0.05) is 82.2 Å². The smallest absolute Gasteiger partial charge is 0.315 e. The van der Waals surface area contributed by atoms with Crippen LogP contribution in [-0.2, 0) is 48.2 Å². The van der Waals surface area contributed by atoms with Crippen LogP contribution in [0.25, 0.3) is 0 Å². The number of urea groups is 1. The third-order valence-electron chi connectivity index (χ3n) is 13.5. The van der Waals surface area contributed by atoms with Crippen LogP contribution in [0.15, 0.2) is 78.9 Å². The minimum Gasteiger partial charge on any atom is -0.481 e. The van der Waals surface area contributed by atoms with Gasteiger partial charge in [0.2, 0.25) is 5.91 Å². The van der Waals surface area contributed by atoms with Crippen LogP contribution in [0, 0.1) is 25.2 Å². The highest BCUT2D eigenvalue weighted by molar-refractivity contribution is 8.01. The first-order valence-electron chi connectivity index (χ1n) is 26.2. The van der Waals surface area contributed by atoms with E-state index in [0.717, 1.165) is 27.8 Å². The zero-order valence-corrected chi connectivity index (χ0v) is 46.1. The zero-order chi connectivity index (χ0) is 54.5. The predicted octanol–water partition coefficient (Wildman–Crippen LogP) is 9.36.